The van der Waals surface area contributed by atoms with Crippen molar-refractivity contribution in [2.24, 2.45) is 0 Å². The summed E-state index contributed by atoms with van der Waals surface area (Å²) in [5.41, 5.74) is 0. The maximum absolute atomic E-state index is 13.3. The Labute approximate surface area is 428 Å². The fourth-order valence-electron chi connectivity index (χ4n) is 9.07. The average molecular weight is 967 g/mol. The number of aliphatic hydroxyl groups excluding tert-OH is 2. The van der Waals surface area contributed by atoms with E-state index in [4.69, 9.17) is 4.74 Å². The van der Waals surface area contributed by atoms with Crippen LogP contribution in [0.1, 0.15) is 303 Å². The van der Waals surface area contributed by atoms with Crippen LogP contribution in [0.25, 0.3) is 0 Å². The van der Waals surface area contributed by atoms with E-state index in [1.54, 1.807) is 0 Å². The van der Waals surface area contributed by atoms with Gasteiger partial charge in [-0.2, -0.15) is 0 Å². The van der Waals surface area contributed by atoms with E-state index in [-0.39, 0.29) is 24.9 Å². The number of unbranched alkanes of at least 4 members (excludes halogenated alkanes) is 32. The van der Waals surface area contributed by atoms with Crippen LogP contribution in [0.2, 0.25) is 0 Å². The van der Waals surface area contributed by atoms with Gasteiger partial charge in [0.2, 0.25) is 5.91 Å². The summed E-state index contributed by atoms with van der Waals surface area (Å²) in [4.78, 5) is 26.3. The van der Waals surface area contributed by atoms with Crippen molar-refractivity contribution in [3.05, 3.63) is 60.8 Å². The molecule has 3 unspecified atom stereocenters. The highest BCUT2D eigenvalue weighted by Gasteiger charge is 2.24. The highest BCUT2D eigenvalue weighted by Crippen LogP contribution is 2.18. The summed E-state index contributed by atoms with van der Waals surface area (Å²) in [5.74, 6) is -0.521. The molecule has 0 bridgehead atoms. The molecule has 0 aromatic heterocycles. The van der Waals surface area contributed by atoms with E-state index in [1.165, 1.54) is 180 Å². The largest absolute Gasteiger partial charge is 0.462 e. The molecule has 3 N–H and O–H groups in total. The number of carbonyl (C=O) groups excluding carboxylic acids is 2. The summed E-state index contributed by atoms with van der Waals surface area (Å²) in [5, 5.41) is 23.9. The number of esters is 1. The number of nitrogens with one attached hydrogen (secondary N) is 1. The van der Waals surface area contributed by atoms with E-state index in [2.05, 4.69) is 86.8 Å². The standard InChI is InChI=1S/C63H115NO5/c1-4-7-10-13-16-19-22-25-28-30-31-33-35-38-41-44-47-50-53-56-63(68)69-59(54-51-48-45-42-39-36-27-24-21-18-15-12-9-6-3)57-62(67)64-60(58-65)61(66)55-52-49-46-43-40-37-34-32-29-26-23-20-17-14-11-8-5-2/h9,12,18,21,25,27-28,36,42,45,59-61,65-66H,4-8,10-11,13-17,19-20,22-24,26,29-35,37-41,43-44,46-58H2,1-3H3,(H,64,67)/b12-9+,21-18+,28-25+,36-27+,45-42+. The van der Waals surface area contributed by atoms with Gasteiger partial charge in [-0.1, -0.05) is 268 Å². The summed E-state index contributed by atoms with van der Waals surface area (Å²) in [6.45, 7) is 6.38. The van der Waals surface area contributed by atoms with Crippen LogP contribution >= 0.6 is 0 Å². The Morgan fingerprint density at radius 3 is 1.23 bits per heavy atom. The zero-order chi connectivity index (χ0) is 50.2. The molecule has 0 saturated carbocycles. The number of hydrogen-bond donors (Lipinski definition) is 3. The predicted octanol–water partition coefficient (Wildman–Crippen LogP) is 18.7. The molecule has 0 radical (unpaired) electrons. The summed E-state index contributed by atoms with van der Waals surface area (Å²) in [6, 6.07) is -0.721. The molecule has 6 nitrogen and oxygen atoms in total. The number of ether oxygens (including phenoxy) is 1. The second kappa shape index (κ2) is 56.5. The first kappa shape index (κ1) is 66.6. The van der Waals surface area contributed by atoms with E-state index in [1.807, 2.05) is 0 Å². The highest BCUT2D eigenvalue weighted by molar-refractivity contribution is 5.77. The van der Waals surface area contributed by atoms with Crippen molar-refractivity contribution >= 4 is 11.9 Å². The van der Waals surface area contributed by atoms with Crippen LogP contribution in [0.5, 0.6) is 0 Å². The van der Waals surface area contributed by atoms with Gasteiger partial charge in [0.15, 0.2) is 0 Å². The summed E-state index contributed by atoms with van der Waals surface area (Å²) in [7, 11) is 0. The van der Waals surface area contributed by atoms with Gasteiger partial charge < -0.3 is 20.3 Å². The Morgan fingerprint density at radius 1 is 0.435 bits per heavy atom. The summed E-state index contributed by atoms with van der Waals surface area (Å²) in [6.07, 6.45) is 71.6. The second-order valence-electron chi connectivity index (χ2n) is 20.4. The van der Waals surface area contributed by atoms with Gasteiger partial charge in [0, 0.05) is 6.42 Å². The van der Waals surface area contributed by atoms with Gasteiger partial charge >= 0.3 is 5.97 Å². The minimum Gasteiger partial charge on any atom is -0.462 e. The first-order valence-electron chi connectivity index (χ1n) is 30.0. The van der Waals surface area contributed by atoms with Crippen molar-refractivity contribution in [3.8, 4) is 0 Å². The molecule has 3 atom stereocenters. The topological polar surface area (TPSA) is 95.9 Å². The predicted molar refractivity (Wildman–Crippen MR) is 301 cm³/mol. The van der Waals surface area contributed by atoms with Crippen LogP contribution in [-0.4, -0.2) is 46.9 Å². The number of aliphatic hydroxyl groups is 2. The first-order chi connectivity index (χ1) is 34.0. The van der Waals surface area contributed by atoms with Crippen molar-refractivity contribution in [3.63, 3.8) is 0 Å². The van der Waals surface area contributed by atoms with Gasteiger partial charge in [0.05, 0.1) is 25.2 Å². The van der Waals surface area contributed by atoms with Crippen LogP contribution in [0, 0.1) is 0 Å². The SMILES string of the molecule is CC/C=C/C/C=C/C/C=C/C/C=C/CCCC(CC(=O)NC(CO)C(O)CCCCCCCCCCCCCCCCCCC)OC(=O)CCCCCCCCCCC/C=C/CCCCCCCC. The van der Waals surface area contributed by atoms with Crippen LogP contribution in [0.3, 0.4) is 0 Å². The van der Waals surface area contributed by atoms with Crippen molar-refractivity contribution in [2.75, 3.05) is 6.61 Å². The molecule has 0 aliphatic carbocycles. The molecule has 0 spiro atoms. The van der Waals surface area contributed by atoms with Crippen molar-refractivity contribution in [2.45, 2.75) is 322 Å². The minimum atomic E-state index is -0.804. The van der Waals surface area contributed by atoms with E-state index in [9.17, 15) is 19.8 Å². The van der Waals surface area contributed by atoms with E-state index in [0.717, 1.165) is 77.0 Å². The number of allylic oxidation sites excluding steroid dienone is 10. The van der Waals surface area contributed by atoms with Crippen molar-refractivity contribution in [1.29, 1.82) is 0 Å². The molecule has 69 heavy (non-hydrogen) atoms. The van der Waals surface area contributed by atoms with E-state index >= 15 is 0 Å². The summed E-state index contributed by atoms with van der Waals surface area (Å²) < 4.78 is 5.94. The lowest BCUT2D eigenvalue weighted by atomic mass is 10.0. The van der Waals surface area contributed by atoms with Gasteiger partial charge in [-0.05, 0) is 83.5 Å². The molecule has 0 heterocycles. The smallest absolute Gasteiger partial charge is 0.306 e. The minimum absolute atomic E-state index is 0.0395. The molecule has 402 valence electrons. The molecule has 0 aliphatic rings. The third-order valence-corrected chi connectivity index (χ3v) is 13.6. The molecule has 6 heteroatoms. The van der Waals surface area contributed by atoms with Gasteiger partial charge in [0.25, 0.3) is 0 Å². The molecule has 0 aromatic carbocycles. The zero-order valence-electron chi connectivity index (χ0n) is 45.9. The van der Waals surface area contributed by atoms with Crippen LogP contribution < -0.4 is 5.32 Å². The number of rotatable bonds is 54. The number of carbonyl (C=O) groups is 2. The number of hydrogen-bond acceptors (Lipinski definition) is 5. The zero-order valence-corrected chi connectivity index (χ0v) is 45.9. The molecule has 0 aromatic rings. The Morgan fingerprint density at radius 2 is 0.797 bits per heavy atom. The molecule has 0 fully saturated rings. The third-order valence-electron chi connectivity index (χ3n) is 13.6. The monoisotopic (exact) mass is 966 g/mol. The van der Waals surface area contributed by atoms with Crippen LogP contribution in [0.4, 0.5) is 0 Å². The van der Waals surface area contributed by atoms with Crippen molar-refractivity contribution in [1.82, 2.24) is 5.32 Å². The lowest BCUT2D eigenvalue weighted by Gasteiger charge is -2.24. The molecular formula is C63H115NO5. The van der Waals surface area contributed by atoms with Crippen LogP contribution in [-0.2, 0) is 14.3 Å². The quantitative estimate of drug-likeness (QED) is 0.0321. The molecule has 0 aliphatic heterocycles. The third kappa shape index (κ3) is 51.7. The van der Waals surface area contributed by atoms with Gasteiger partial charge in [0.1, 0.15) is 6.10 Å². The highest BCUT2D eigenvalue weighted by atomic mass is 16.5. The maximum Gasteiger partial charge on any atom is 0.306 e. The fourth-order valence-corrected chi connectivity index (χ4v) is 9.07. The lowest BCUT2D eigenvalue weighted by molar-refractivity contribution is -0.151. The molecule has 1 amide bonds. The van der Waals surface area contributed by atoms with Gasteiger partial charge in [-0.25, -0.2) is 0 Å². The normalized spacial score (nSPS) is 13.5. The van der Waals surface area contributed by atoms with Crippen LogP contribution in [0.15, 0.2) is 60.8 Å². The van der Waals surface area contributed by atoms with Gasteiger partial charge in [-0.15, -0.1) is 0 Å². The van der Waals surface area contributed by atoms with Crippen molar-refractivity contribution < 1.29 is 24.5 Å². The Hall–Kier alpha value is -2.44. The Bertz CT molecular complexity index is 1220. The van der Waals surface area contributed by atoms with E-state index < -0.39 is 18.2 Å². The van der Waals surface area contributed by atoms with E-state index in [0.29, 0.717) is 19.3 Å². The van der Waals surface area contributed by atoms with Gasteiger partial charge in [-0.3, -0.25) is 9.59 Å². The molecule has 0 saturated heterocycles. The molecular weight excluding hydrogens is 851 g/mol. The molecule has 0 rings (SSSR count). The maximum atomic E-state index is 13.3. The Balaban J connectivity index is 4.55. The average Bonchev–Trinajstić information content (AvgIpc) is 3.34. The lowest BCUT2D eigenvalue weighted by Crippen LogP contribution is -2.46. The fraction of sp³-hybridized carbons (Fsp3) is 0.810. The first-order valence-corrected chi connectivity index (χ1v) is 30.0. The Kier molecular flexibility index (Phi) is 54.5. The number of amides is 1. The second-order valence-corrected chi connectivity index (χ2v) is 20.4. The summed E-state index contributed by atoms with van der Waals surface area (Å²) >= 11 is 0.